The number of hydrogen-bond acceptors (Lipinski definition) is 7. The summed E-state index contributed by atoms with van der Waals surface area (Å²) in [7, 11) is 0. The minimum atomic E-state index is -4.64. The number of hydrogen-bond donors (Lipinski definition) is 1. The quantitative estimate of drug-likeness (QED) is 0.144. The highest BCUT2D eigenvalue weighted by Crippen LogP contribution is 2.49. The molecule has 4 fully saturated rings. The molecule has 324 valence electrons. The number of carbonyl (C=O) groups excluding carboxylic acids is 1. The third-order valence-electron chi connectivity index (χ3n) is 12.3. The third-order valence-corrected chi connectivity index (χ3v) is 12.3. The van der Waals surface area contributed by atoms with Crippen molar-refractivity contribution in [1.29, 1.82) is 0 Å². The molecule has 1 N–H and O–H groups in total. The Kier molecular flexibility index (Phi) is 14.0. The molecule has 10 nitrogen and oxygen atoms in total. The first-order valence-electron chi connectivity index (χ1n) is 20.5. The first-order chi connectivity index (χ1) is 27.0. The van der Waals surface area contributed by atoms with Gasteiger partial charge in [-0.1, -0.05) is 40.5 Å². The SMILES string of the molecule is CC(C)CC(C(=O)O)n1cc(CCN2CC3(CCC3)C2)c(C(F)(F)F)cc1=O.CCOC(=O)C(CC(C)C)n1cc(CCN2CC3(CCC3)C2)c(C(F)(F)F)cc1=O. The second kappa shape index (κ2) is 17.9. The summed E-state index contributed by atoms with van der Waals surface area (Å²) in [5.41, 5.74) is -2.80. The van der Waals surface area contributed by atoms with Crippen LogP contribution in [0, 0.1) is 22.7 Å². The largest absolute Gasteiger partial charge is 0.480 e. The van der Waals surface area contributed by atoms with Crippen molar-refractivity contribution >= 4 is 11.9 Å². The van der Waals surface area contributed by atoms with E-state index < -0.39 is 58.6 Å². The predicted octanol–water partition coefficient (Wildman–Crippen LogP) is 7.61. The van der Waals surface area contributed by atoms with Crippen molar-refractivity contribution < 1.29 is 45.8 Å². The number of halogens is 6. The lowest BCUT2D eigenvalue weighted by Crippen LogP contribution is -2.59. The molecule has 2 aromatic heterocycles. The van der Waals surface area contributed by atoms with Crippen LogP contribution in [0.3, 0.4) is 0 Å². The molecule has 4 aliphatic rings. The van der Waals surface area contributed by atoms with Gasteiger partial charge < -0.3 is 28.8 Å². The van der Waals surface area contributed by atoms with E-state index in [1.54, 1.807) is 6.92 Å². The summed E-state index contributed by atoms with van der Waals surface area (Å²) in [5, 5.41) is 9.49. The second-order valence-corrected chi connectivity index (χ2v) is 17.9. The van der Waals surface area contributed by atoms with Gasteiger partial charge in [0.15, 0.2) is 0 Å². The van der Waals surface area contributed by atoms with E-state index in [9.17, 15) is 50.6 Å². The summed E-state index contributed by atoms with van der Waals surface area (Å²) in [6.45, 7) is 13.9. The molecular weight excluding hydrogens is 770 g/mol. The molecule has 2 saturated carbocycles. The Bertz CT molecular complexity index is 1880. The van der Waals surface area contributed by atoms with Crippen LogP contribution in [0.15, 0.2) is 34.1 Å². The molecule has 0 bridgehead atoms. The van der Waals surface area contributed by atoms with Crippen molar-refractivity contribution in [2.45, 2.75) is 123 Å². The average Bonchev–Trinajstić information content (AvgIpc) is 3.03. The predicted molar refractivity (Wildman–Crippen MR) is 206 cm³/mol. The fourth-order valence-electron chi connectivity index (χ4n) is 9.05. The summed E-state index contributed by atoms with van der Waals surface area (Å²) in [6.07, 6.45) is 1.16. The number of nitrogens with zero attached hydrogens (tertiary/aromatic N) is 4. The van der Waals surface area contributed by atoms with E-state index in [1.165, 1.54) is 44.7 Å². The number of carboxylic acids is 1. The van der Waals surface area contributed by atoms with Gasteiger partial charge in [-0.05, 0) is 92.1 Å². The van der Waals surface area contributed by atoms with Crippen molar-refractivity contribution in [2.24, 2.45) is 22.7 Å². The number of aromatic nitrogens is 2. The van der Waals surface area contributed by atoms with E-state index in [-0.39, 0.29) is 48.8 Å². The van der Waals surface area contributed by atoms with E-state index >= 15 is 0 Å². The van der Waals surface area contributed by atoms with Crippen molar-refractivity contribution in [1.82, 2.24) is 18.9 Å². The van der Waals surface area contributed by atoms with Crippen molar-refractivity contribution in [3.63, 3.8) is 0 Å². The van der Waals surface area contributed by atoms with Gasteiger partial charge in [0.1, 0.15) is 12.1 Å². The Morgan fingerprint density at radius 1 is 0.707 bits per heavy atom. The third kappa shape index (κ3) is 10.7. The zero-order valence-corrected chi connectivity index (χ0v) is 34.2. The Labute approximate surface area is 335 Å². The lowest BCUT2D eigenvalue weighted by atomic mass is 9.63. The van der Waals surface area contributed by atoms with Gasteiger partial charge in [-0.15, -0.1) is 0 Å². The average molecular weight is 829 g/mol. The molecule has 0 radical (unpaired) electrons. The fraction of sp³-hybridized carbons (Fsp3) is 0.714. The van der Waals surface area contributed by atoms with Crippen LogP contribution in [-0.2, 0) is 39.5 Å². The van der Waals surface area contributed by atoms with Gasteiger partial charge >= 0.3 is 24.3 Å². The van der Waals surface area contributed by atoms with Gasteiger partial charge in [0.05, 0.1) is 17.7 Å². The van der Waals surface area contributed by atoms with Gasteiger partial charge in [-0.3, -0.25) is 9.59 Å². The van der Waals surface area contributed by atoms with E-state index in [4.69, 9.17) is 4.74 Å². The molecule has 2 atom stereocenters. The molecule has 0 amide bonds. The van der Waals surface area contributed by atoms with Crippen LogP contribution in [0.4, 0.5) is 26.3 Å². The van der Waals surface area contributed by atoms with Crippen LogP contribution in [0.25, 0.3) is 0 Å². The molecule has 0 aromatic carbocycles. The summed E-state index contributed by atoms with van der Waals surface area (Å²) >= 11 is 0. The summed E-state index contributed by atoms with van der Waals surface area (Å²) < 4.78 is 88.4. The zero-order valence-electron chi connectivity index (χ0n) is 34.2. The van der Waals surface area contributed by atoms with Gasteiger partial charge in [-0.25, -0.2) is 9.59 Å². The van der Waals surface area contributed by atoms with Gasteiger partial charge in [0.25, 0.3) is 11.1 Å². The summed E-state index contributed by atoms with van der Waals surface area (Å²) in [6, 6.07) is -0.919. The maximum Gasteiger partial charge on any atom is 0.416 e. The molecule has 2 spiro atoms. The van der Waals surface area contributed by atoms with Crippen LogP contribution < -0.4 is 11.1 Å². The molecule has 4 heterocycles. The molecular formula is C42H58F6N4O6. The van der Waals surface area contributed by atoms with Crippen molar-refractivity contribution in [3.05, 3.63) is 67.5 Å². The summed E-state index contributed by atoms with van der Waals surface area (Å²) in [4.78, 5) is 53.2. The van der Waals surface area contributed by atoms with E-state index in [1.807, 2.05) is 27.7 Å². The number of likely N-dealkylation sites (tertiary alicyclic amines) is 2. The number of rotatable bonds is 15. The van der Waals surface area contributed by atoms with Gasteiger partial charge in [0, 0.05) is 63.8 Å². The smallest absolute Gasteiger partial charge is 0.416 e. The molecule has 2 saturated heterocycles. The highest BCUT2D eigenvalue weighted by atomic mass is 19.4. The highest BCUT2D eigenvalue weighted by Gasteiger charge is 2.48. The maximum atomic E-state index is 13.6. The Balaban J connectivity index is 0.000000221. The second-order valence-electron chi connectivity index (χ2n) is 17.9. The van der Waals surface area contributed by atoms with Gasteiger partial charge in [-0.2, -0.15) is 26.3 Å². The van der Waals surface area contributed by atoms with Crippen LogP contribution in [0.1, 0.15) is 120 Å². The molecule has 16 heteroatoms. The highest BCUT2D eigenvalue weighted by molar-refractivity contribution is 5.74. The van der Waals surface area contributed by atoms with Crippen LogP contribution in [0.5, 0.6) is 0 Å². The fourth-order valence-corrected chi connectivity index (χ4v) is 9.05. The maximum absolute atomic E-state index is 13.6. The van der Waals surface area contributed by atoms with Crippen molar-refractivity contribution in [2.75, 3.05) is 45.9 Å². The number of pyridine rings is 2. The molecule has 6 rings (SSSR count). The molecule has 2 aliphatic heterocycles. The Hall–Kier alpha value is -3.66. The minimum Gasteiger partial charge on any atom is -0.480 e. The van der Waals surface area contributed by atoms with E-state index in [2.05, 4.69) is 9.80 Å². The lowest BCUT2D eigenvalue weighted by molar-refractivity contribution is -0.148. The standard InChI is InChI=1S/C22H31F3N2O3.C20H27F3N2O3/c1-4-30-20(29)18(10-15(2)3)27-12-16(17(11-19(27)28)22(23,24)25)6-9-26-13-21(14-26)7-5-8-21;1-13(2)8-16(18(27)28)25-10-14(15(9-17(25)26)20(21,22)23)4-7-24-11-19(12-24)5-3-6-19/h11-12,15,18H,4-10,13-14H2,1-3H3;9-10,13,16H,3-8,11-12H2,1-2H3,(H,27,28). The Morgan fingerprint density at radius 3 is 1.40 bits per heavy atom. The molecule has 2 aliphatic carbocycles. The van der Waals surface area contributed by atoms with Gasteiger partial charge in [0.2, 0.25) is 0 Å². The van der Waals surface area contributed by atoms with Crippen LogP contribution in [-0.4, -0.2) is 81.9 Å². The summed E-state index contributed by atoms with van der Waals surface area (Å²) in [5.74, 6) is -1.75. The number of esters is 1. The van der Waals surface area contributed by atoms with Crippen molar-refractivity contribution in [3.8, 4) is 0 Å². The van der Waals surface area contributed by atoms with E-state index in [0.29, 0.717) is 42.5 Å². The Morgan fingerprint density at radius 2 is 1.09 bits per heavy atom. The molecule has 2 unspecified atom stereocenters. The lowest BCUT2D eigenvalue weighted by Gasteiger charge is -2.56. The number of alkyl halides is 6. The van der Waals surface area contributed by atoms with Crippen LogP contribution >= 0.6 is 0 Å². The number of ether oxygens (including phenoxy) is 1. The zero-order chi connectivity index (χ0) is 42.8. The topological polar surface area (TPSA) is 114 Å². The van der Waals surface area contributed by atoms with E-state index in [0.717, 1.165) is 41.5 Å². The monoisotopic (exact) mass is 828 g/mol. The molecule has 2 aromatic rings. The van der Waals surface area contributed by atoms with Crippen LogP contribution in [0.2, 0.25) is 0 Å². The first-order valence-corrected chi connectivity index (χ1v) is 20.5. The number of carboxylic acid groups (broad SMARTS) is 1. The normalized spacial score (nSPS) is 19.7. The minimum absolute atomic E-state index is 0.0153. The number of aliphatic carboxylic acids is 1. The first kappa shape index (κ1) is 45.4. The number of carbonyl (C=O) groups is 2. The molecule has 58 heavy (non-hydrogen) atoms.